The first-order valence-corrected chi connectivity index (χ1v) is 13.2. The van der Waals surface area contributed by atoms with Gasteiger partial charge in [-0.15, -0.1) is 0 Å². The Bertz CT molecular complexity index is 680. The van der Waals surface area contributed by atoms with Crippen LogP contribution in [0, 0.1) is 20.8 Å². The first kappa shape index (κ1) is 20.3. The molecule has 1 aromatic rings. The van der Waals surface area contributed by atoms with Crippen LogP contribution in [0.2, 0.25) is 19.6 Å². The third-order valence-corrected chi connectivity index (χ3v) is 8.31. The van der Waals surface area contributed by atoms with Gasteiger partial charge < -0.3 is 9.47 Å². The molecule has 1 aromatic carbocycles. The summed E-state index contributed by atoms with van der Waals surface area (Å²) in [5.74, 6) is -0.250. The summed E-state index contributed by atoms with van der Waals surface area (Å²) < 4.78 is 11.3. The van der Waals surface area contributed by atoms with Gasteiger partial charge in [-0.2, -0.15) is 0 Å². The van der Waals surface area contributed by atoms with Gasteiger partial charge in [0.2, 0.25) is 0 Å². The van der Waals surface area contributed by atoms with Gasteiger partial charge in [0.1, 0.15) is 0 Å². The number of ether oxygens (including phenoxy) is 2. The molecule has 138 valence electrons. The van der Waals surface area contributed by atoms with Gasteiger partial charge in [0.15, 0.2) is 6.10 Å². The smallest absolute Gasteiger partial charge is 0.339 e. The molecule has 0 N–H and O–H groups in total. The van der Waals surface area contributed by atoms with Crippen LogP contribution in [0.1, 0.15) is 30.5 Å². The predicted octanol–water partition coefficient (Wildman–Crippen LogP) is 5.19. The van der Waals surface area contributed by atoms with Gasteiger partial charge in [0.05, 0.1) is 20.8 Å². The average Bonchev–Trinajstić information content (AvgIpc) is 2.80. The topological polar surface area (TPSA) is 35.5 Å². The number of benzene rings is 1. The summed E-state index contributed by atoms with van der Waals surface area (Å²) in [7, 11) is -1.75. The first-order valence-electron chi connectivity index (χ1n) is 8.88. The standard InChI is InChI=1S/C20H30O3SSi/c1-9-22-20(21)16-19(25(6,7)8)18(15(5)23-16)24-17-13(3)10-12(2)11-14(17)4/h10-11,15-16H,9H2,1-8H3. The van der Waals surface area contributed by atoms with Crippen molar-refractivity contribution < 1.29 is 14.3 Å². The summed E-state index contributed by atoms with van der Waals surface area (Å²) in [5.41, 5.74) is 3.83. The second kappa shape index (κ2) is 7.68. The third-order valence-electron chi connectivity index (χ3n) is 4.36. The number of carbonyl (C=O) groups excluding carboxylic acids is 1. The average molecular weight is 379 g/mol. The molecule has 2 atom stereocenters. The number of aryl methyl sites for hydroxylation is 3. The minimum absolute atomic E-state index is 0.0822. The molecular weight excluding hydrogens is 348 g/mol. The van der Waals surface area contributed by atoms with E-state index in [2.05, 4.69) is 52.5 Å². The van der Waals surface area contributed by atoms with E-state index in [4.69, 9.17) is 9.47 Å². The molecule has 0 fully saturated rings. The summed E-state index contributed by atoms with van der Waals surface area (Å²) in [5, 5.41) is 1.18. The predicted molar refractivity (Wildman–Crippen MR) is 108 cm³/mol. The van der Waals surface area contributed by atoms with Crippen molar-refractivity contribution in [1.82, 2.24) is 0 Å². The number of rotatable bonds is 5. The zero-order valence-electron chi connectivity index (χ0n) is 16.6. The first-order chi connectivity index (χ1) is 11.6. The number of esters is 1. The van der Waals surface area contributed by atoms with Crippen molar-refractivity contribution in [3.63, 3.8) is 0 Å². The maximum absolute atomic E-state index is 12.5. The highest BCUT2D eigenvalue weighted by Crippen LogP contribution is 2.45. The number of thioether (sulfide) groups is 1. The van der Waals surface area contributed by atoms with E-state index in [0.29, 0.717) is 6.61 Å². The lowest BCUT2D eigenvalue weighted by Crippen LogP contribution is -2.37. The molecular formula is C20H30O3SSi. The van der Waals surface area contributed by atoms with Gasteiger partial charge in [0.25, 0.3) is 0 Å². The van der Waals surface area contributed by atoms with Gasteiger partial charge >= 0.3 is 5.97 Å². The van der Waals surface area contributed by atoms with Crippen LogP contribution in [0.15, 0.2) is 27.1 Å². The van der Waals surface area contributed by atoms with E-state index < -0.39 is 14.2 Å². The van der Waals surface area contributed by atoms with Crippen molar-refractivity contribution in [2.45, 2.75) is 71.4 Å². The Balaban J connectivity index is 2.51. The Kier molecular flexibility index (Phi) is 6.23. The van der Waals surface area contributed by atoms with E-state index in [1.165, 1.54) is 31.7 Å². The van der Waals surface area contributed by atoms with E-state index in [-0.39, 0.29) is 12.1 Å². The van der Waals surface area contributed by atoms with Crippen molar-refractivity contribution in [3.8, 4) is 0 Å². The summed E-state index contributed by atoms with van der Waals surface area (Å²) in [6.45, 7) is 17.5. The minimum Gasteiger partial charge on any atom is -0.464 e. The quantitative estimate of drug-likeness (QED) is 0.522. The van der Waals surface area contributed by atoms with Crippen LogP contribution in [-0.2, 0) is 14.3 Å². The van der Waals surface area contributed by atoms with Crippen molar-refractivity contribution in [2.75, 3.05) is 6.61 Å². The van der Waals surface area contributed by atoms with Gasteiger partial charge in [0, 0.05) is 9.80 Å². The van der Waals surface area contributed by atoms with Crippen molar-refractivity contribution in [1.29, 1.82) is 0 Å². The maximum atomic E-state index is 12.5. The zero-order chi connectivity index (χ0) is 18.9. The third kappa shape index (κ3) is 4.38. The largest absolute Gasteiger partial charge is 0.464 e. The van der Waals surface area contributed by atoms with Crippen LogP contribution in [-0.4, -0.2) is 32.9 Å². The second-order valence-electron chi connectivity index (χ2n) is 7.77. The Morgan fingerprint density at radius 3 is 2.24 bits per heavy atom. The summed E-state index contributed by atoms with van der Waals surface area (Å²) in [4.78, 5) is 14.9. The van der Waals surface area contributed by atoms with Crippen LogP contribution < -0.4 is 0 Å². The molecule has 25 heavy (non-hydrogen) atoms. The molecule has 0 radical (unpaired) electrons. The number of hydrogen-bond acceptors (Lipinski definition) is 4. The van der Waals surface area contributed by atoms with Crippen LogP contribution in [0.25, 0.3) is 0 Å². The molecule has 0 amide bonds. The highest BCUT2D eigenvalue weighted by molar-refractivity contribution is 8.03. The van der Waals surface area contributed by atoms with E-state index in [9.17, 15) is 4.79 Å². The molecule has 1 aliphatic rings. The second-order valence-corrected chi connectivity index (χ2v) is 13.9. The Morgan fingerprint density at radius 2 is 1.76 bits per heavy atom. The van der Waals surface area contributed by atoms with Gasteiger partial charge in [-0.05, 0) is 50.9 Å². The zero-order valence-corrected chi connectivity index (χ0v) is 18.5. The van der Waals surface area contributed by atoms with Crippen molar-refractivity contribution in [3.05, 3.63) is 38.9 Å². The minimum atomic E-state index is -1.75. The molecule has 0 saturated carbocycles. The summed E-state index contributed by atoms with van der Waals surface area (Å²) in [6.07, 6.45) is -0.628. The molecule has 0 spiro atoms. The molecule has 3 nitrogen and oxygen atoms in total. The fraction of sp³-hybridized carbons (Fsp3) is 0.550. The molecule has 1 heterocycles. The molecule has 5 heteroatoms. The number of hydrogen-bond donors (Lipinski definition) is 0. The lowest BCUT2D eigenvalue weighted by molar-refractivity contribution is -0.153. The molecule has 0 bridgehead atoms. The Labute approximate surface area is 157 Å². The highest BCUT2D eigenvalue weighted by atomic mass is 32.2. The SMILES string of the molecule is CCOC(=O)C1OC(C)C(Sc2c(C)cc(C)cc2C)=C1[Si](C)(C)C. The van der Waals surface area contributed by atoms with E-state index in [1.54, 1.807) is 11.8 Å². The van der Waals surface area contributed by atoms with Gasteiger partial charge in [-0.25, -0.2) is 4.79 Å². The fourth-order valence-corrected chi connectivity index (χ4v) is 7.50. The van der Waals surface area contributed by atoms with Gasteiger partial charge in [-0.1, -0.05) is 49.1 Å². The summed E-state index contributed by atoms with van der Waals surface area (Å²) >= 11 is 1.78. The molecule has 2 rings (SSSR count). The Morgan fingerprint density at radius 1 is 1.20 bits per heavy atom. The molecule has 0 aromatic heterocycles. The molecule has 2 unspecified atom stereocenters. The van der Waals surface area contributed by atoms with E-state index >= 15 is 0 Å². The lowest BCUT2D eigenvalue weighted by Gasteiger charge is -2.24. The highest BCUT2D eigenvalue weighted by Gasteiger charge is 2.43. The maximum Gasteiger partial charge on any atom is 0.339 e. The van der Waals surface area contributed by atoms with Crippen LogP contribution >= 0.6 is 11.8 Å². The van der Waals surface area contributed by atoms with E-state index in [1.807, 2.05) is 13.8 Å². The lowest BCUT2D eigenvalue weighted by atomic mass is 10.1. The van der Waals surface area contributed by atoms with Gasteiger partial charge in [-0.3, -0.25) is 0 Å². The van der Waals surface area contributed by atoms with Crippen LogP contribution in [0.4, 0.5) is 0 Å². The van der Waals surface area contributed by atoms with Crippen molar-refractivity contribution in [2.24, 2.45) is 0 Å². The molecule has 0 saturated heterocycles. The van der Waals surface area contributed by atoms with Crippen LogP contribution in [0.5, 0.6) is 0 Å². The van der Waals surface area contributed by atoms with Crippen LogP contribution in [0.3, 0.4) is 0 Å². The fourth-order valence-electron chi connectivity index (χ4n) is 3.41. The van der Waals surface area contributed by atoms with Crippen molar-refractivity contribution >= 4 is 25.8 Å². The van der Waals surface area contributed by atoms with E-state index in [0.717, 1.165) is 0 Å². The Hall–Kier alpha value is -1.04. The normalized spacial score (nSPS) is 21.0. The number of carbonyl (C=O) groups is 1. The summed E-state index contributed by atoms with van der Waals surface area (Å²) in [6, 6.07) is 4.43. The molecule has 0 aliphatic carbocycles. The molecule has 1 aliphatic heterocycles. The monoisotopic (exact) mass is 378 g/mol.